The van der Waals surface area contributed by atoms with E-state index in [0.717, 1.165) is 35.2 Å². The molecule has 90 valence electrons. The Hall–Kier alpha value is -1.42. The summed E-state index contributed by atoms with van der Waals surface area (Å²) in [4.78, 5) is 13.9. The molecule has 1 heterocycles. The number of fused-ring (bicyclic) bond motifs is 1. The molecular weight excluding hydrogens is 234 g/mol. The number of hydrogen-bond acceptors (Lipinski definition) is 3. The number of unbranched alkanes of at least 4 members (excludes halogenated alkanes) is 1. The second-order valence-corrected chi connectivity index (χ2v) is 4.30. The van der Waals surface area contributed by atoms with E-state index in [4.69, 9.17) is 4.74 Å². The van der Waals surface area contributed by atoms with Crippen molar-refractivity contribution in [3.8, 4) is 5.75 Å². The second kappa shape index (κ2) is 5.77. The number of pyridine rings is 1. The first-order chi connectivity index (χ1) is 8.29. The van der Waals surface area contributed by atoms with E-state index >= 15 is 0 Å². The lowest BCUT2D eigenvalue weighted by Gasteiger charge is -2.06. The van der Waals surface area contributed by atoms with Crippen LogP contribution in [0.2, 0.25) is 0 Å². The molecule has 3 nitrogen and oxygen atoms in total. The Morgan fingerprint density at radius 1 is 1.18 bits per heavy atom. The highest BCUT2D eigenvalue weighted by Gasteiger charge is 1.98. The molecule has 1 N–H and O–H groups in total. The monoisotopic (exact) mass is 249 g/mol. The summed E-state index contributed by atoms with van der Waals surface area (Å²) >= 11 is 4.15. The van der Waals surface area contributed by atoms with Crippen LogP contribution in [0.3, 0.4) is 0 Å². The van der Waals surface area contributed by atoms with E-state index in [1.54, 1.807) is 6.07 Å². The van der Waals surface area contributed by atoms with Crippen LogP contribution in [0.5, 0.6) is 5.75 Å². The van der Waals surface area contributed by atoms with Crippen molar-refractivity contribution in [2.45, 2.75) is 12.8 Å². The van der Waals surface area contributed by atoms with Crippen molar-refractivity contribution in [2.24, 2.45) is 0 Å². The fourth-order valence-electron chi connectivity index (χ4n) is 1.63. The Kier molecular flexibility index (Phi) is 4.09. The van der Waals surface area contributed by atoms with E-state index < -0.39 is 0 Å². The number of aromatic amines is 1. The lowest BCUT2D eigenvalue weighted by molar-refractivity contribution is 0.310. The predicted octanol–water partition coefficient (Wildman–Crippen LogP) is 2.62. The smallest absolute Gasteiger partial charge is 0.248 e. The topological polar surface area (TPSA) is 42.1 Å². The number of benzene rings is 1. The summed E-state index contributed by atoms with van der Waals surface area (Å²) < 4.78 is 5.62. The van der Waals surface area contributed by atoms with Gasteiger partial charge in [0.15, 0.2) is 0 Å². The first-order valence-electron chi connectivity index (χ1n) is 5.66. The molecule has 2 aromatic rings. The molecule has 0 atom stereocenters. The van der Waals surface area contributed by atoms with Crippen molar-refractivity contribution in [1.82, 2.24) is 4.98 Å². The Bertz CT molecular complexity index is 550. The molecule has 0 aliphatic carbocycles. The molecule has 1 aromatic carbocycles. The molecule has 0 radical (unpaired) electrons. The largest absolute Gasteiger partial charge is 0.494 e. The van der Waals surface area contributed by atoms with Crippen molar-refractivity contribution < 1.29 is 4.74 Å². The molecule has 0 fully saturated rings. The third-order valence-electron chi connectivity index (χ3n) is 2.52. The minimum absolute atomic E-state index is 0.0834. The third kappa shape index (κ3) is 3.27. The lowest BCUT2D eigenvalue weighted by atomic mass is 10.2. The lowest BCUT2D eigenvalue weighted by Crippen LogP contribution is -2.02. The van der Waals surface area contributed by atoms with Gasteiger partial charge in [-0.05, 0) is 42.9 Å². The van der Waals surface area contributed by atoms with E-state index in [2.05, 4.69) is 17.6 Å². The summed E-state index contributed by atoms with van der Waals surface area (Å²) in [5.41, 5.74) is 0.750. The van der Waals surface area contributed by atoms with Gasteiger partial charge in [0.2, 0.25) is 5.56 Å². The number of rotatable bonds is 5. The molecule has 4 heteroatoms. The highest BCUT2D eigenvalue weighted by molar-refractivity contribution is 7.80. The zero-order chi connectivity index (χ0) is 12.1. The van der Waals surface area contributed by atoms with Crippen molar-refractivity contribution in [2.75, 3.05) is 12.4 Å². The van der Waals surface area contributed by atoms with Gasteiger partial charge < -0.3 is 9.72 Å². The number of nitrogens with one attached hydrogen (secondary N) is 1. The predicted molar refractivity (Wildman–Crippen MR) is 73.2 cm³/mol. The molecule has 0 bridgehead atoms. The van der Waals surface area contributed by atoms with Gasteiger partial charge in [-0.1, -0.05) is 0 Å². The average molecular weight is 249 g/mol. The normalized spacial score (nSPS) is 10.6. The van der Waals surface area contributed by atoms with Crippen LogP contribution in [-0.2, 0) is 0 Å². The van der Waals surface area contributed by atoms with Crippen LogP contribution in [0.25, 0.3) is 10.9 Å². The van der Waals surface area contributed by atoms with Crippen LogP contribution in [-0.4, -0.2) is 17.3 Å². The summed E-state index contributed by atoms with van der Waals surface area (Å²) in [7, 11) is 0. The summed E-state index contributed by atoms with van der Waals surface area (Å²) in [6.45, 7) is 0.704. The second-order valence-electron chi connectivity index (χ2n) is 3.85. The van der Waals surface area contributed by atoms with Gasteiger partial charge in [-0.3, -0.25) is 4.79 Å². The minimum atomic E-state index is -0.0834. The molecule has 0 unspecified atom stereocenters. The zero-order valence-corrected chi connectivity index (χ0v) is 10.4. The zero-order valence-electron chi connectivity index (χ0n) is 9.48. The quantitative estimate of drug-likeness (QED) is 0.632. The van der Waals surface area contributed by atoms with Gasteiger partial charge in [0.1, 0.15) is 5.75 Å². The fraction of sp³-hybridized carbons (Fsp3) is 0.308. The van der Waals surface area contributed by atoms with Crippen LogP contribution in [0.4, 0.5) is 0 Å². The Balaban J connectivity index is 2.09. The fourth-order valence-corrected chi connectivity index (χ4v) is 1.85. The molecule has 0 saturated heterocycles. The van der Waals surface area contributed by atoms with Crippen molar-refractivity contribution >= 4 is 23.5 Å². The molecule has 0 amide bonds. The van der Waals surface area contributed by atoms with Gasteiger partial charge >= 0.3 is 0 Å². The average Bonchev–Trinajstić information content (AvgIpc) is 2.35. The minimum Gasteiger partial charge on any atom is -0.494 e. The molecule has 0 aliphatic rings. The van der Waals surface area contributed by atoms with Crippen LogP contribution >= 0.6 is 12.6 Å². The number of thiol groups is 1. The van der Waals surface area contributed by atoms with Gasteiger partial charge in [0.05, 0.1) is 6.61 Å². The Labute approximate surface area is 105 Å². The number of hydrogen-bond donors (Lipinski definition) is 2. The Morgan fingerprint density at radius 3 is 2.88 bits per heavy atom. The first-order valence-corrected chi connectivity index (χ1v) is 6.29. The third-order valence-corrected chi connectivity index (χ3v) is 2.83. The summed E-state index contributed by atoms with van der Waals surface area (Å²) in [5, 5.41) is 0.983. The van der Waals surface area contributed by atoms with Crippen molar-refractivity contribution in [3.63, 3.8) is 0 Å². The molecular formula is C13H15NO2S. The molecule has 2 rings (SSSR count). The molecule has 1 aromatic heterocycles. The Morgan fingerprint density at radius 2 is 2.06 bits per heavy atom. The molecule has 0 saturated carbocycles. The van der Waals surface area contributed by atoms with Crippen molar-refractivity contribution in [1.29, 1.82) is 0 Å². The molecule has 0 spiro atoms. The summed E-state index contributed by atoms with van der Waals surface area (Å²) in [6, 6.07) is 9.00. The number of H-pyrrole nitrogens is 1. The van der Waals surface area contributed by atoms with Gasteiger partial charge in [0.25, 0.3) is 0 Å². The van der Waals surface area contributed by atoms with Gasteiger partial charge in [-0.2, -0.15) is 12.6 Å². The maximum absolute atomic E-state index is 11.1. The maximum Gasteiger partial charge on any atom is 0.248 e. The van der Waals surface area contributed by atoms with Crippen LogP contribution < -0.4 is 10.3 Å². The SMILES string of the molecule is O=c1ccc2cc(OCCCCS)ccc2[nH]1. The molecule has 0 aliphatic heterocycles. The van der Waals surface area contributed by atoms with Crippen LogP contribution in [0.1, 0.15) is 12.8 Å². The first kappa shape index (κ1) is 12.0. The van der Waals surface area contributed by atoms with E-state index in [9.17, 15) is 4.79 Å². The van der Waals surface area contributed by atoms with Crippen LogP contribution in [0.15, 0.2) is 35.1 Å². The van der Waals surface area contributed by atoms with E-state index in [1.807, 2.05) is 18.2 Å². The van der Waals surface area contributed by atoms with E-state index in [1.165, 1.54) is 6.07 Å². The summed E-state index contributed by atoms with van der Waals surface area (Å²) in [6.07, 6.45) is 2.07. The van der Waals surface area contributed by atoms with Gasteiger partial charge in [-0.15, -0.1) is 0 Å². The van der Waals surface area contributed by atoms with E-state index in [0.29, 0.717) is 6.61 Å². The standard InChI is InChI=1S/C13H15NO2S/c15-13-6-3-10-9-11(4-5-12(10)14-13)16-7-1-2-8-17/h3-6,9,17H,1-2,7-8H2,(H,14,15). The number of aromatic nitrogens is 1. The van der Waals surface area contributed by atoms with Gasteiger partial charge in [-0.25, -0.2) is 0 Å². The highest BCUT2D eigenvalue weighted by atomic mass is 32.1. The van der Waals surface area contributed by atoms with Crippen LogP contribution in [0, 0.1) is 0 Å². The van der Waals surface area contributed by atoms with E-state index in [-0.39, 0.29) is 5.56 Å². The van der Waals surface area contributed by atoms with Crippen molar-refractivity contribution in [3.05, 3.63) is 40.7 Å². The molecule has 17 heavy (non-hydrogen) atoms. The summed E-state index contributed by atoms with van der Waals surface area (Å²) in [5.74, 6) is 1.73. The number of ether oxygens (including phenoxy) is 1. The highest BCUT2D eigenvalue weighted by Crippen LogP contribution is 2.18. The van der Waals surface area contributed by atoms with Gasteiger partial charge in [0, 0.05) is 17.0 Å². The maximum atomic E-state index is 11.1.